The highest BCUT2D eigenvalue weighted by atomic mass is 16.6. The van der Waals surface area contributed by atoms with Crippen molar-refractivity contribution in [1.29, 1.82) is 0 Å². The maximum Gasteiger partial charge on any atom is 0.305 e. The summed E-state index contributed by atoms with van der Waals surface area (Å²) >= 11 is 0. The fraction of sp³-hybridized carbons (Fsp3) is 0.571. The van der Waals surface area contributed by atoms with Gasteiger partial charge in [-0.1, -0.05) is 68.4 Å². The molecule has 134 valence electrons. The van der Waals surface area contributed by atoms with Crippen molar-refractivity contribution < 1.29 is 14.3 Å². The van der Waals surface area contributed by atoms with Gasteiger partial charge in [-0.05, 0) is 32.1 Å². The van der Waals surface area contributed by atoms with Crippen LogP contribution >= 0.6 is 0 Å². The summed E-state index contributed by atoms with van der Waals surface area (Å²) in [6.45, 7) is 2.23. The van der Waals surface area contributed by atoms with E-state index in [0.29, 0.717) is 6.42 Å². The van der Waals surface area contributed by atoms with Crippen LogP contribution in [0.1, 0.15) is 58.3 Å². The van der Waals surface area contributed by atoms with Crippen LogP contribution in [0.3, 0.4) is 0 Å². The maximum absolute atomic E-state index is 11.0. The molecule has 1 aliphatic rings. The van der Waals surface area contributed by atoms with Crippen LogP contribution in [0.2, 0.25) is 0 Å². The summed E-state index contributed by atoms with van der Waals surface area (Å²) in [4.78, 5) is 11.0. The fourth-order valence-corrected chi connectivity index (χ4v) is 2.37. The van der Waals surface area contributed by atoms with Gasteiger partial charge in [0.25, 0.3) is 0 Å². The van der Waals surface area contributed by atoms with Gasteiger partial charge in [0.2, 0.25) is 0 Å². The van der Waals surface area contributed by atoms with Crippen LogP contribution in [-0.2, 0) is 14.3 Å². The van der Waals surface area contributed by atoms with Crippen LogP contribution in [0.25, 0.3) is 0 Å². The van der Waals surface area contributed by atoms with Gasteiger partial charge in [-0.3, -0.25) is 4.79 Å². The summed E-state index contributed by atoms with van der Waals surface area (Å²) in [7, 11) is 1.42. The average molecular weight is 332 g/mol. The van der Waals surface area contributed by atoms with E-state index in [9.17, 15) is 4.79 Å². The minimum absolute atomic E-state index is 0.145. The molecule has 1 rings (SSSR count). The SMILES string of the molecule is CCCCC/C=C/C/C=C/C=C/C=C\C1OC1CCCC(=O)OC. The molecule has 24 heavy (non-hydrogen) atoms. The summed E-state index contributed by atoms with van der Waals surface area (Å²) in [5.74, 6) is -0.145. The summed E-state index contributed by atoms with van der Waals surface area (Å²) in [5, 5.41) is 0. The first kappa shape index (κ1) is 20.4. The Bertz CT molecular complexity index is 446. The van der Waals surface area contributed by atoms with Gasteiger partial charge in [-0.15, -0.1) is 0 Å². The molecule has 1 heterocycles. The Morgan fingerprint density at radius 1 is 1.04 bits per heavy atom. The van der Waals surface area contributed by atoms with Crippen LogP contribution in [0.4, 0.5) is 0 Å². The van der Waals surface area contributed by atoms with E-state index in [-0.39, 0.29) is 18.2 Å². The van der Waals surface area contributed by atoms with Gasteiger partial charge >= 0.3 is 5.97 Å². The topological polar surface area (TPSA) is 38.8 Å². The number of unbranched alkanes of at least 4 members (excludes halogenated alkanes) is 3. The van der Waals surface area contributed by atoms with E-state index in [0.717, 1.165) is 19.3 Å². The first-order valence-corrected chi connectivity index (χ1v) is 9.15. The lowest BCUT2D eigenvalue weighted by molar-refractivity contribution is -0.140. The monoisotopic (exact) mass is 332 g/mol. The predicted molar refractivity (Wildman–Crippen MR) is 99.8 cm³/mol. The molecule has 0 aliphatic carbocycles. The van der Waals surface area contributed by atoms with E-state index in [1.165, 1.54) is 32.8 Å². The van der Waals surface area contributed by atoms with Crippen molar-refractivity contribution >= 4 is 5.97 Å². The van der Waals surface area contributed by atoms with Gasteiger partial charge in [-0.2, -0.15) is 0 Å². The lowest BCUT2D eigenvalue weighted by Crippen LogP contribution is -2.01. The number of hydrogen-bond donors (Lipinski definition) is 0. The van der Waals surface area contributed by atoms with Crippen molar-refractivity contribution in [1.82, 2.24) is 0 Å². The molecule has 2 unspecified atom stereocenters. The van der Waals surface area contributed by atoms with Gasteiger partial charge < -0.3 is 9.47 Å². The van der Waals surface area contributed by atoms with Gasteiger partial charge in [0, 0.05) is 6.42 Å². The number of methoxy groups -OCH3 is 1. The number of ether oxygens (including phenoxy) is 2. The van der Waals surface area contributed by atoms with Crippen molar-refractivity contribution in [3.8, 4) is 0 Å². The molecule has 3 nitrogen and oxygen atoms in total. The second kappa shape index (κ2) is 13.8. The molecule has 3 heteroatoms. The number of hydrogen-bond acceptors (Lipinski definition) is 3. The number of epoxide rings is 1. The van der Waals surface area contributed by atoms with Crippen LogP contribution in [0.15, 0.2) is 48.6 Å². The molecule has 0 aromatic rings. The van der Waals surface area contributed by atoms with E-state index in [4.69, 9.17) is 4.74 Å². The van der Waals surface area contributed by atoms with Crippen molar-refractivity contribution in [2.24, 2.45) is 0 Å². The molecular weight excluding hydrogens is 300 g/mol. The lowest BCUT2D eigenvalue weighted by atomic mass is 10.1. The number of carbonyl (C=O) groups is 1. The largest absolute Gasteiger partial charge is 0.469 e. The number of rotatable bonds is 13. The highest BCUT2D eigenvalue weighted by Gasteiger charge is 2.35. The van der Waals surface area contributed by atoms with Crippen molar-refractivity contribution in [3.05, 3.63) is 48.6 Å². The highest BCUT2D eigenvalue weighted by Crippen LogP contribution is 2.28. The molecule has 1 aliphatic heterocycles. The molecule has 0 aromatic carbocycles. The Hall–Kier alpha value is -1.61. The van der Waals surface area contributed by atoms with E-state index in [1.54, 1.807) is 0 Å². The smallest absolute Gasteiger partial charge is 0.305 e. The van der Waals surface area contributed by atoms with E-state index in [1.807, 2.05) is 18.2 Å². The maximum atomic E-state index is 11.0. The van der Waals surface area contributed by atoms with E-state index >= 15 is 0 Å². The normalized spacial score (nSPS) is 20.8. The molecule has 0 spiro atoms. The molecule has 0 radical (unpaired) electrons. The molecule has 0 saturated carbocycles. The average Bonchev–Trinajstić information content (AvgIpc) is 3.34. The van der Waals surface area contributed by atoms with Crippen LogP contribution in [0.5, 0.6) is 0 Å². The van der Waals surface area contributed by atoms with Gasteiger partial charge in [0.05, 0.1) is 13.2 Å². The summed E-state index contributed by atoms with van der Waals surface area (Å²) < 4.78 is 10.1. The Kier molecular flexibility index (Phi) is 11.7. The Labute approximate surface area is 147 Å². The van der Waals surface area contributed by atoms with Gasteiger partial charge in [0.1, 0.15) is 6.10 Å². The molecule has 0 amide bonds. The zero-order valence-electron chi connectivity index (χ0n) is 15.2. The Morgan fingerprint density at radius 3 is 2.67 bits per heavy atom. The second-order valence-corrected chi connectivity index (χ2v) is 6.01. The van der Waals surface area contributed by atoms with E-state index in [2.05, 4.69) is 42.0 Å². The second-order valence-electron chi connectivity index (χ2n) is 6.01. The van der Waals surface area contributed by atoms with Gasteiger partial charge in [0.15, 0.2) is 0 Å². The molecule has 0 bridgehead atoms. The zero-order valence-corrected chi connectivity index (χ0v) is 15.2. The molecule has 0 N–H and O–H groups in total. The van der Waals surface area contributed by atoms with Crippen LogP contribution < -0.4 is 0 Å². The zero-order chi connectivity index (χ0) is 17.5. The van der Waals surface area contributed by atoms with Crippen LogP contribution in [-0.4, -0.2) is 25.3 Å². The minimum Gasteiger partial charge on any atom is -0.469 e. The number of carbonyl (C=O) groups excluding carboxylic acids is 1. The minimum atomic E-state index is -0.145. The van der Waals surface area contributed by atoms with Crippen molar-refractivity contribution in [3.63, 3.8) is 0 Å². The summed E-state index contributed by atoms with van der Waals surface area (Å²) in [6.07, 6.45) is 25.7. The van der Waals surface area contributed by atoms with Crippen molar-refractivity contribution in [2.45, 2.75) is 70.5 Å². The fourth-order valence-electron chi connectivity index (χ4n) is 2.37. The molecule has 0 aromatic heterocycles. The molecular formula is C21H32O3. The molecule has 1 saturated heterocycles. The third kappa shape index (κ3) is 11.0. The highest BCUT2D eigenvalue weighted by molar-refractivity contribution is 5.68. The van der Waals surface area contributed by atoms with Gasteiger partial charge in [-0.25, -0.2) is 0 Å². The standard InChI is InChI=1S/C21H32O3/c1-3-4-5-6-7-8-9-10-11-12-13-14-16-19-20(24-19)17-15-18-21(22)23-2/h7-8,10-14,16,19-20H,3-6,9,15,17-18H2,1-2H3/b8-7+,11-10+,13-12+,16-14-. The number of esters is 1. The van der Waals surface area contributed by atoms with E-state index < -0.39 is 0 Å². The third-order valence-corrected chi connectivity index (χ3v) is 3.90. The summed E-state index contributed by atoms with van der Waals surface area (Å²) in [6, 6.07) is 0. The predicted octanol–water partition coefficient (Wildman–Crippen LogP) is 5.29. The lowest BCUT2D eigenvalue weighted by Gasteiger charge is -1.96. The first-order valence-electron chi connectivity index (χ1n) is 9.15. The Balaban J connectivity index is 2.00. The first-order chi connectivity index (χ1) is 11.8. The quantitative estimate of drug-likeness (QED) is 0.151. The van der Waals surface area contributed by atoms with Crippen LogP contribution in [0, 0.1) is 0 Å². The molecule has 2 atom stereocenters. The Morgan fingerprint density at radius 2 is 1.88 bits per heavy atom. The van der Waals surface area contributed by atoms with Crippen molar-refractivity contribution in [2.75, 3.05) is 7.11 Å². The molecule has 1 fully saturated rings. The summed E-state index contributed by atoms with van der Waals surface area (Å²) in [5.41, 5.74) is 0. The number of allylic oxidation sites excluding steroid dienone is 7. The third-order valence-electron chi connectivity index (χ3n) is 3.90.